The third kappa shape index (κ3) is 5.37. The van der Waals surface area contributed by atoms with Crippen molar-refractivity contribution in [3.8, 4) is 0 Å². The van der Waals surface area contributed by atoms with Gasteiger partial charge < -0.3 is 30.4 Å². The Hall–Kier alpha value is -2.95. The average molecular weight is 525 g/mol. The van der Waals surface area contributed by atoms with Crippen LogP contribution >= 0.6 is 11.6 Å². The summed E-state index contributed by atoms with van der Waals surface area (Å²) in [5.41, 5.74) is 1.70. The number of H-pyrrole nitrogens is 2. The van der Waals surface area contributed by atoms with Crippen molar-refractivity contribution < 1.29 is 0 Å². The number of anilines is 2. The Morgan fingerprint density at radius 3 is 1.97 bits per heavy atom. The van der Waals surface area contributed by atoms with E-state index in [0.29, 0.717) is 23.9 Å². The molecule has 0 amide bonds. The normalized spacial score (nSPS) is 24.0. The number of hydrogen-bond acceptors (Lipinski definition) is 8. The van der Waals surface area contributed by atoms with Crippen LogP contribution in [0.3, 0.4) is 0 Å². The van der Waals surface area contributed by atoms with E-state index in [0.717, 1.165) is 59.9 Å². The fourth-order valence-electron chi connectivity index (χ4n) is 5.60. The molecule has 198 valence electrons. The molecule has 0 spiro atoms. The number of halogens is 1. The molecule has 11 heteroatoms. The first-order valence-corrected chi connectivity index (χ1v) is 13.5. The minimum absolute atomic E-state index is 0.285. The van der Waals surface area contributed by atoms with Crippen LogP contribution in [0.2, 0.25) is 5.28 Å². The second-order valence-electron chi connectivity index (χ2n) is 10.3. The molecule has 37 heavy (non-hydrogen) atoms. The zero-order valence-corrected chi connectivity index (χ0v) is 22.8. The van der Waals surface area contributed by atoms with Crippen molar-refractivity contribution in [1.29, 1.82) is 0 Å². The number of aromatic amines is 2. The maximum absolute atomic E-state index is 6.02. The predicted molar refractivity (Wildman–Crippen MR) is 150 cm³/mol. The highest BCUT2D eigenvalue weighted by Crippen LogP contribution is 2.29. The van der Waals surface area contributed by atoms with E-state index >= 15 is 0 Å². The van der Waals surface area contributed by atoms with Gasteiger partial charge in [-0.05, 0) is 61.5 Å². The molecule has 4 aromatic rings. The number of nitrogens with zero attached hydrogens (tertiary/aromatic N) is 6. The van der Waals surface area contributed by atoms with Crippen LogP contribution in [0.5, 0.6) is 0 Å². The van der Waals surface area contributed by atoms with Gasteiger partial charge >= 0.3 is 0 Å². The number of piperidine rings is 2. The van der Waals surface area contributed by atoms with Crippen molar-refractivity contribution in [2.24, 2.45) is 11.8 Å². The van der Waals surface area contributed by atoms with Crippen LogP contribution in [0.25, 0.3) is 22.1 Å². The van der Waals surface area contributed by atoms with Crippen LogP contribution < -0.4 is 20.4 Å². The van der Waals surface area contributed by atoms with Gasteiger partial charge in [0.25, 0.3) is 0 Å². The Kier molecular flexibility index (Phi) is 7.78. The number of hydrogen-bond donors (Lipinski definition) is 4. The van der Waals surface area contributed by atoms with Gasteiger partial charge in [0.05, 0.1) is 10.8 Å². The van der Waals surface area contributed by atoms with Gasteiger partial charge in [0.15, 0.2) is 0 Å². The molecule has 2 saturated heterocycles. The lowest BCUT2D eigenvalue weighted by atomic mass is 9.93. The maximum Gasteiger partial charge on any atom is 0.226 e. The molecule has 0 bridgehead atoms. The van der Waals surface area contributed by atoms with E-state index in [2.05, 4.69) is 78.3 Å². The molecule has 2 fully saturated rings. The van der Waals surface area contributed by atoms with Crippen LogP contribution in [-0.2, 0) is 0 Å². The fourth-order valence-corrected chi connectivity index (χ4v) is 5.77. The molecule has 4 aromatic heterocycles. The number of fused-ring (bicyclic) bond motifs is 2. The Labute approximate surface area is 222 Å². The predicted octanol–water partition coefficient (Wildman–Crippen LogP) is 3.44. The summed E-state index contributed by atoms with van der Waals surface area (Å²) in [4.78, 5) is 28.0. The molecule has 0 radical (unpaired) electrons. The molecule has 2 aliphatic heterocycles. The molecule has 6 heterocycles. The number of likely N-dealkylation sites (N-methyl/N-ethyl adjacent to an activating group) is 2. The lowest BCUT2D eigenvalue weighted by Crippen LogP contribution is -2.49. The first-order valence-electron chi connectivity index (χ1n) is 13.1. The van der Waals surface area contributed by atoms with Gasteiger partial charge in [-0.1, -0.05) is 13.8 Å². The monoisotopic (exact) mass is 524 g/mol. The van der Waals surface area contributed by atoms with Gasteiger partial charge in [0.1, 0.15) is 29.3 Å². The molecule has 6 rings (SSSR count). The summed E-state index contributed by atoms with van der Waals surface area (Å²) >= 11 is 6.02. The zero-order valence-electron chi connectivity index (χ0n) is 22.0. The lowest BCUT2D eigenvalue weighted by molar-refractivity contribution is 0.337. The second kappa shape index (κ2) is 11.2. The molecule has 0 aliphatic carbocycles. The van der Waals surface area contributed by atoms with E-state index < -0.39 is 0 Å². The molecular formula is C26H37ClN10. The molecular weight excluding hydrogens is 488 g/mol. The first kappa shape index (κ1) is 25.7. The van der Waals surface area contributed by atoms with Gasteiger partial charge in [0.2, 0.25) is 5.28 Å². The summed E-state index contributed by atoms with van der Waals surface area (Å²) in [6.45, 7) is 8.82. The highest BCUT2D eigenvalue weighted by Gasteiger charge is 2.28. The highest BCUT2D eigenvalue weighted by molar-refractivity contribution is 6.28. The van der Waals surface area contributed by atoms with Crippen LogP contribution in [0.15, 0.2) is 30.9 Å². The SMILES string of the molecule is C[C@@H]1CCNC[C@@H]1N(C)c1nc(Cl)nc2[nH]ccc12.C[C@@H]1CCNC[C@@H]1N(C)c1ncnc2[nH]ccc12. The highest BCUT2D eigenvalue weighted by atomic mass is 35.5. The summed E-state index contributed by atoms with van der Waals surface area (Å²) in [6, 6.07) is 4.96. The Morgan fingerprint density at radius 1 is 0.784 bits per heavy atom. The molecule has 2 aliphatic rings. The van der Waals surface area contributed by atoms with Crippen LogP contribution in [-0.4, -0.2) is 82.3 Å². The van der Waals surface area contributed by atoms with E-state index in [-0.39, 0.29) is 5.28 Å². The Morgan fingerprint density at radius 2 is 1.35 bits per heavy atom. The van der Waals surface area contributed by atoms with Gasteiger partial charge in [-0.15, -0.1) is 0 Å². The summed E-state index contributed by atoms with van der Waals surface area (Å²) in [5.74, 6) is 3.23. The molecule has 4 atom stereocenters. The van der Waals surface area contributed by atoms with E-state index in [1.165, 1.54) is 12.8 Å². The third-order valence-electron chi connectivity index (χ3n) is 7.94. The molecule has 10 nitrogen and oxygen atoms in total. The number of nitrogens with one attached hydrogen (secondary N) is 4. The van der Waals surface area contributed by atoms with Crippen LogP contribution in [0.1, 0.15) is 26.7 Å². The standard InChI is InChI=1S/C13H18ClN5.C13H19N5/c1-8-3-5-15-7-10(8)19(2)12-9-4-6-16-11(9)17-13(14)18-12;1-9-3-5-14-7-11(9)18(2)13-10-4-6-15-12(10)16-8-17-13/h4,6,8,10,15H,3,5,7H2,1-2H3,(H,16,17,18);4,6,8-9,11,14H,3,5,7H2,1-2H3,(H,15,16,17)/t8-,10+;9-,11+/m11/s1. The van der Waals surface area contributed by atoms with Crippen LogP contribution in [0, 0.1) is 11.8 Å². The summed E-state index contributed by atoms with van der Waals surface area (Å²) in [5, 5.41) is 9.31. The van der Waals surface area contributed by atoms with Crippen molar-refractivity contribution in [2.75, 3.05) is 50.1 Å². The lowest BCUT2D eigenvalue weighted by Gasteiger charge is -2.37. The van der Waals surface area contributed by atoms with Crippen molar-refractivity contribution in [3.63, 3.8) is 0 Å². The zero-order chi connectivity index (χ0) is 25.9. The summed E-state index contributed by atoms with van der Waals surface area (Å²) < 4.78 is 0. The van der Waals surface area contributed by atoms with Crippen molar-refractivity contribution in [1.82, 2.24) is 40.5 Å². The molecule has 0 aromatic carbocycles. The fraction of sp³-hybridized carbons (Fsp3) is 0.538. The quantitative estimate of drug-likeness (QED) is 0.300. The van der Waals surface area contributed by atoms with Gasteiger partial charge in [-0.3, -0.25) is 0 Å². The van der Waals surface area contributed by atoms with E-state index in [9.17, 15) is 0 Å². The Bertz CT molecular complexity index is 1320. The van der Waals surface area contributed by atoms with Gasteiger partial charge in [-0.2, -0.15) is 9.97 Å². The Balaban J connectivity index is 0.000000152. The largest absolute Gasteiger partial charge is 0.354 e. The first-order chi connectivity index (χ1) is 17.9. The summed E-state index contributed by atoms with van der Waals surface area (Å²) in [7, 11) is 4.21. The molecule has 0 unspecified atom stereocenters. The summed E-state index contributed by atoms with van der Waals surface area (Å²) in [6.07, 6.45) is 7.82. The molecule has 4 N–H and O–H groups in total. The second-order valence-corrected chi connectivity index (χ2v) is 10.6. The molecule has 0 saturated carbocycles. The number of aromatic nitrogens is 6. The van der Waals surface area contributed by atoms with Crippen LogP contribution in [0.4, 0.5) is 11.6 Å². The van der Waals surface area contributed by atoms with E-state index in [1.54, 1.807) is 6.33 Å². The van der Waals surface area contributed by atoms with Crippen molar-refractivity contribution >= 4 is 45.3 Å². The van der Waals surface area contributed by atoms with E-state index in [1.807, 2.05) is 24.5 Å². The van der Waals surface area contributed by atoms with E-state index in [4.69, 9.17) is 11.6 Å². The number of rotatable bonds is 4. The maximum atomic E-state index is 6.02. The minimum atomic E-state index is 0.285. The third-order valence-corrected chi connectivity index (χ3v) is 8.11. The van der Waals surface area contributed by atoms with Crippen molar-refractivity contribution in [3.05, 3.63) is 36.1 Å². The smallest absolute Gasteiger partial charge is 0.226 e. The topological polar surface area (TPSA) is 114 Å². The van der Waals surface area contributed by atoms with Crippen molar-refractivity contribution in [2.45, 2.75) is 38.8 Å². The average Bonchev–Trinajstić information content (AvgIpc) is 3.58. The van der Waals surface area contributed by atoms with Gasteiger partial charge in [-0.25, -0.2) is 9.97 Å². The minimum Gasteiger partial charge on any atom is -0.354 e. The van der Waals surface area contributed by atoms with Gasteiger partial charge in [0, 0.05) is 51.7 Å².